The molecule has 0 amide bonds. The lowest BCUT2D eigenvalue weighted by Crippen LogP contribution is -1.99. The lowest BCUT2D eigenvalue weighted by atomic mass is 10.2. The topological polar surface area (TPSA) is 87.0 Å². The van der Waals surface area contributed by atoms with Crippen molar-refractivity contribution < 1.29 is 24.9 Å². The molecule has 2 aromatic rings. The summed E-state index contributed by atoms with van der Waals surface area (Å²) in [5.41, 5.74) is -0.0730. The molecular weight excluding hydrogens is 236 g/mol. The van der Waals surface area contributed by atoms with Crippen LogP contribution in [0.3, 0.4) is 0 Å². The molecule has 92 valence electrons. The van der Waals surface area contributed by atoms with E-state index in [1.165, 1.54) is 30.3 Å². The summed E-state index contributed by atoms with van der Waals surface area (Å²) < 4.78 is 5.33. The van der Waals surface area contributed by atoms with E-state index in [0.717, 1.165) is 0 Å². The van der Waals surface area contributed by atoms with Gasteiger partial charge in [0.1, 0.15) is 28.6 Å². The minimum absolute atomic E-state index is 0.00419. The van der Waals surface area contributed by atoms with E-state index < -0.39 is 5.97 Å². The van der Waals surface area contributed by atoms with Gasteiger partial charge in [-0.2, -0.15) is 0 Å². The molecule has 0 aliphatic heterocycles. The molecule has 0 fully saturated rings. The van der Waals surface area contributed by atoms with Gasteiger partial charge in [-0.3, -0.25) is 0 Å². The number of hydrogen-bond donors (Lipinski definition) is 3. The largest absolute Gasteiger partial charge is 0.508 e. The zero-order chi connectivity index (χ0) is 13.1. The van der Waals surface area contributed by atoms with E-state index in [0.29, 0.717) is 0 Å². The first-order chi connectivity index (χ1) is 8.56. The van der Waals surface area contributed by atoms with Gasteiger partial charge in [-0.1, -0.05) is 6.07 Å². The van der Waals surface area contributed by atoms with Crippen LogP contribution in [0.4, 0.5) is 0 Å². The van der Waals surface area contributed by atoms with Gasteiger partial charge in [-0.25, -0.2) is 4.79 Å². The van der Waals surface area contributed by atoms with Gasteiger partial charge in [0, 0.05) is 12.1 Å². The number of hydrogen-bond acceptors (Lipinski definition) is 4. The molecule has 0 atom stereocenters. The summed E-state index contributed by atoms with van der Waals surface area (Å²) in [7, 11) is 0. The molecule has 0 saturated heterocycles. The second-order valence-electron chi connectivity index (χ2n) is 3.59. The Morgan fingerprint density at radius 1 is 1.00 bits per heavy atom. The van der Waals surface area contributed by atoms with E-state index in [1.54, 1.807) is 12.1 Å². The van der Waals surface area contributed by atoms with Gasteiger partial charge in [0.2, 0.25) is 0 Å². The summed E-state index contributed by atoms with van der Waals surface area (Å²) in [5, 5.41) is 27.6. The Kier molecular flexibility index (Phi) is 3.05. The minimum atomic E-state index is -1.16. The van der Waals surface area contributed by atoms with Crippen LogP contribution in [-0.4, -0.2) is 21.3 Å². The predicted octanol–water partition coefficient (Wildman–Crippen LogP) is 2.59. The molecule has 0 unspecified atom stereocenters. The van der Waals surface area contributed by atoms with E-state index in [4.69, 9.17) is 9.84 Å². The first-order valence-corrected chi connectivity index (χ1v) is 5.09. The number of aromatic hydroxyl groups is 2. The van der Waals surface area contributed by atoms with Crippen LogP contribution in [0.5, 0.6) is 23.0 Å². The van der Waals surface area contributed by atoms with Crippen molar-refractivity contribution in [1.82, 2.24) is 0 Å². The molecule has 2 rings (SSSR count). The van der Waals surface area contributed by atoms with Crippen LogP contribution in [0.15, 0.2) is 42.5 Å². The minimum Gasteiger partial charge on any atom is -0.508 e. The summed E-state index contributed by atoms with van der Waals surface area (Å²) >= 11 is 0. The molecule has 2 aromatic carbocycles. The molecule has 0 spiro atoms. The number of phenolic OH excluding ortho intramolecular Hbond substituents is 2. The Bertz CT molecular complexity index is 592. The van der Waals surface area contributed by atoms with Gasteiger partial charge >= 0.3 is 5.97 Å². The van der Waals surface area contributed by atoms with Gasteiger partial charge in [0.05, 0.1) is 0 Å². The fourth-order valence-corrected chi connectivity index (χ4v) is 1.45. The lowest BCUT2D eigenvalue weighted by Gasteiger charge is -2.09. The Morgan fingerprint density at radius 3 is 2.39 bits per heavy atom. The maximum atomic E-state index is 11.0. The number of rotatable bonds is 3. The quantitative estimate of drug-likeness (QED) is 0.774. The number of carbonyl (C=O) groups is 1. The Labute approximate surface area is 103 Å². The average Bonchev–Trinajstić information content (AvgIpc) is 2.28. The second kappa shape index (κ2) is 4.67. The maximum absolute atomic E-state index is 11.0. The second-order valence-corrected chi connectivity index (χ2v) is 3.59. The first kappa shape index (κ1) is 11.8. The fraction of sp³-hybridized carbons (Fsp3) is 0. The molecule has 3 N–H and O–H groups in total. The third-order valence-electron chi connectivity index (χ3n) is 2.24. The van der Waals surface area contributed by atoms with Gasteiger partial charge in [-0.15, -0.1) is 0 Å². The maximum Gasteiger partial charge on any atom is 0.339 e. The zero-order valence-corrected chi connectivity index (χ0v) is 9.20. The molecule has 0 saturated carbocycles. The summed E-state index contributed by atoms with van der Waals surface area (Å²) in [6.07, 6.45) is 0. The van der Waals surface area contributed by atoms with Crippen LogP contribution in [0, 0.1) is 0 Å². The number of carboxylic acids is 1. The van der Waals surface area contributed by atoms with E-state index in [1.807, 2.05) is 0 Å². The number of carboxylic acid groups (broad SMARTS) is 1. The van der Waals surface area contributed by atoms with E-state index >= 15 is 0 Å². The van der Waals surface area contributed by atoms with Crippen LogP contribution >= 0.6 is 0 Å². The van der Waals surface area contributed by atoms with Crippen molar-refractivity contribution in [2.75, 3.05) is 0 Å². The van der Waals surface area contributed by atoms with Gasteiger partial charge in [-0.05, 0) is 24.3 Å². The van der Waals surface area contributed by atoms with E-state index in [9.17, 15) is 15.0 Å². The molecule has 5 nitrogen and oxygen atoms in total. The van der Waals surface area contributed by atoms with Crippen LogP contribution in [0.25, 0.3) is 0 Å². The summed E-state index contributed by atoms with van der Waals surface area (Å²) in [6, 6.07) is 9.65. The van der Waals surface area contributed by atoms with Crippen LogP contribution in [-0.2, 0) is 0 Å². The lowest BCUT2D eigenvalue weighted by molar-refractivity contribution is 0.0694. The van der Waals surface area contributed by atoms with Crippen molar-refractivity contribution >= 4 is 5.97 Å². The number of aromatic carboxylic acids is 1. The van der Waals surface area contributed by atoms with Crippen LogP contribution < -0.4 is 4.74 Å². The molecule has 0 aliphatic rings. The number of phenols is 2. The molecule has 0 radical (unpaired) electrons. The summed E-state index contributed by atoms with van der Waals surface area (Å²) in [6.45, 7) is 0. The Hall–Kier alpha value is -2.69. The van der Waals surface area contributed by atoms with Crippen molar-refractivity contribution in [3.8, 4) is 23.0 Å². The van der Waals surface area contributed by atoms with Gasteiger partial charge < -0.3 is 20.1 Å². The van der Waals surface area contributed by atoms with Gasteiger partial charge in [0.15, 0.2) is 0 Å². The monoisotopic (exact) mass is 246 g/mol. The Balaban J connectivity index is 2.39. The highest BCUT2D eigenvalue weighted by atomic mass is 16.5. The highest BCUT2D eigenvalue weighted by molar-refractivity contribution is 5.91. The third-order valence-corrected chi connectivity index (χ3v) is 2.24. The van der Waals surface area contributed by atoms with Gasteiger partial charge in [0.25, 0.3) is 0 Å². The molecule has 0 heterocycles. The smallest absolute Gasteiger partial charge is 0.339 e. The molecule has 0 aliphatic carbocycles. The summed E-state index contributed by atoms with van der Waals surface area (Å²) in [4.78, 5) is 11.0. The van der Waals surface area contributed by atoms with Crippen molar-refractivity contribution in [2.45, 2.75) is 0 Å². The van der Waals surface area contributed by atoms with E-state index in [2.05, 4.69) is 0 Å². The summed E-state index contributed by atoms with van der Waals surface area (Å²) in [5.74, 6) is -0.971. The highest BCUT2D eigenvalue weighted by Gasteiger charge is 2.13. The Morgan fingerprint density at radius 2 is 1.72 bits per heavy atom. The zero-order valence-electron chi connectivity index (χ0n) is 9.20. The molecule has 18 heavy (non-hydrogen) atoms. The van der Waals surface area contributed by atoms with Crippen molar-refractivity contribution in [3.05, 3.63) is 48.0 Å². The highest BCUT2D eigenvalue weighted by Crippen LogP contribution is 2.30. The SMILES string of the molecule is O=C(O)c1ccc(O)cc1Oc1cccc(O)c1. The van der Waals surface area contributed by atoms with Crippen molar-refractivity contribution in [1.29, 1.82) is 0 Å². The fourth-order valence-electron chi connectivity index (χ4n) is 1.45. The standard InChI is InChI=1S/C13H10O5/c14-8-2-1-3-10(6-8)18-12-7-9(15)4-5-11(12)13(16)17/h1-7,14-15H,(H,16,17). The van der Waals surface area contributed by atoms with Crippen LogP contribution in [0.2, 0.25) is 0 Å². The number of benzene rings is 2. The first-order valence-electron chi connectivity index (χ1n) is 5.09. The molecule has 0 aromatic heterocycles. The number of ether oxygens (including phenoxy) is 1. The normalized spacial score (nSPS) is 10.0. The molecular formula is C13H10O5. The van der Waals surface area contributed by atoms with Crippen molar-refractivity contribution in [2.24, 2.45) is 0 Å². The predicted molar refractivity (Wildman–Crippen MR) is 63.2 cm³/mol. The van der Waals surface area contributed by atoms with Crippen molar-refractivity contribution in [3.63, 3.8) is 0 Å². The van der Waals surface area contributed by atoms with E-state index in [-0.39, 0.29) is 28.6 Å². The average molecular weight is 246 g/mol. The molecule has 0 bridgehead atoms. The van der Waals surface area contributed by atoms with Crippen LogP contribution in [0.1, 0.15) is 10.4 Å². The third kappa shape index (κ3) is 2.52. The molecule has 5 heteroatoms.